The third-order valence-electron chi connectivity index (χ3n) is 7.13. The number of fused-ring (bicyclic) bond motifs is 3. The van der Waals surface area contributed by atoms with Gasteiger partial charge in [0.05, 0.1) is 24.6 Å². The van der Waals surface area contributed by atoms with Crippen LogP contribution in [-0.4, -0.2) is 55.5 Å². The molecular weight excluding hydrogens is 436 g/mol. The predicted octanol–water partition coefficient (Wildman–Crippen LogP) is 2.34. The van der Waals surface area contributed by atoms with Crippen molar-refractivity contribution < 1.29 is 23.9 Å². The number of allylic oxidation sites excluding steroid dienone is 2. The van der Waals surface area contributed by atoms with Gasteiger partial charge in [-0.25, -0.2) is 0 Å². The number of carbonyl (C=O) groups excluding carboxylic acids is 3. The van der Waals surface area contributed by atoms with Gasteiger partial charge in [0.25, 0.3) is 11.8 Å². The molecule has 7 nitrogen and oxygen atoms in total. The molecule has 2 spiro atoms. The van der Waals surface area contributed by atoms with Gasteiger partial charge in [0.15, 0.2) is 9.74 Å². The van der Waals surface area contributed by atoms with Crippen LogP contribution in [0.15, 0.2) is 48.0 Å². The van der Waals surface area contributed by atoms with E-state index in [0.717, 1.165) is 11.1 Å². The molecule has 2 bridgehead atoms. The van der Waals surface area contributed by atoms with Crippen molar-refractivity contribution in [3.63, 3.8) is 0 Å². The fraction of sp³-hybridized carbons (Fsp3) is 0.455. The highest BCUT2D eigenvalue weighted by atomic mass is 33.1. The Morgan fingerprint density at radius 3 is 2.81 bits per heavy atom. The second-order valence-electron chi connectivity index (χ2n) is 8.83. The van der Waals surface area contributed by atoms with Crippen molar-refractivity contribution >= 4 is 37.9 Å². The molecule has 9 heteroatoms. The number of rotatable bonds is 1. The highest BCUT2D eigenvalue weighted by Gasteiger charge is 2.77. The Bertz CT molecular complexity index is 1150. The molecule has 162 valence electrons. The zero-order valence-electron chi connectivity index (χ0n) is 17.1. The van der Waals surface area contributed by atoms with Gasteiger partial charge in [-0.3, -0.25) is 14.4 Å². The van der Waals surface area contributed by atoms with E-state index in [9.17, 15) is 14.4 Å². The maximum absolute atomic E-state index is 14.2. The van der Waals surface area contributed by atoms with E-state index >= 15 is 0 Å². The minimum absolute atomic E-state index is 0.000771. The minimum Gasteiger partial charge on any atom is -0.473 e. The van der Waals surface area contributed by atoms with Gasteiger partial charge >= 0.3 is 5.97 Å². The van der Waals surface area contributed by atoms with Gasteiger partial charge in [0.1, 0.15) is 6.10 Å². The van der Waals surface area contributed by atoms with Gasteiger partial charge in [-0.05, 0) is 23.3 Å². The molecule has 0 aromatic rings. The number of piperazine rings is 1. The summed E-state index contributed by atoms with van der Waals surface area (Å²) in [6.45, 7) is 3.38. The third kappa shape index (κ3) is 2.17. The van der Waals surface area contributed by atoms with E-state index in [1.165, 1.54) is 17.7 Å². The van der Waals surface area contributed by atoms with Crippen LogP contribution in [-0.2, 0) is 23.9 Å². The third-order valence-corrected chi connectivity index (χ3v) is 11.8. The van der Waals surface area contributed by atoms with Gasteiger partial charge < -0.3 is 19.3 Å². The van der Waals surface area contributed by atoms with Gasteiger partial charge in [-0.2, -0.15) is 0 Å². The first-order chi connectivity index (χ1) is 14.8. The fourth-order valence-electron chi connectivity index (χ4n) is 5.97. The molecular formula is C22H22N2O5S2. The van der Waals surface area contributed by atoms with Crippen LogP contribution in [0.2, 0.25) is 0 Å². The molecule has 5 saturated heterocycles. The van der Waals surface area contributed by atoms with Gasteiger partial charge in [0, 0.05) is 25.7 Å². The van der Waals surface area contributed by atoms with Crippen molar-refractivity contribution in [3.05, 3.63) is 48.0 Å². The Kier molecular flexibility index (Phi) is 3.82. The number of esters is 1. The molecule has 0 aromatic carbocycles. The summed E-state index contributed by atoms with van der Waals surface area (Å²) in [7, 11) is 0.0911. The fourth-order valence-corrected chi connectivity index (χ4v) is 11.0. The number of ether oxygens (including phenoxy) is 2. The van der Waals surface area contributed by atoms with Crippen molar-refractivity contribution in [2.24, 2.45) is 5.92 Å². The van der Waals surface area contributed by atoms with E-state index < -0.39 is 37.2 Å². The van der Waals surface area contributed by atoms with Crippen LogP contribution in [0.4, 0.5) is 0 Å². The highest BCUT2D eigenvalue weighted by Crippen LogP contribution is 2.71. The second kappa shape index (κ2) is 6.12. The number of hydrogen-bond donors (Lipinski definition) is 1. The quantitative estimate of drug-likeness (QED) is 0.369. The average molecular weight is 459 g/mol. The van der Waals surface area contributed by atoms with Crippen molar-refractivity contribution in [2.45, 2.75) is 54.6 Å². The monoisotopic (exact) mass is 458 g/mol. The summed E-state index contributed by atoms with van der Waals surface area (Å²) < 4.78 is 11.1. The number of amides is 2. The largest absolute Gasteiger partial charge is 0.473 e. The Hall–Kier alpha value is -2.35. The highest BCUT2D eigenvalue weighted by molar-refractivity contribution is 8.81. The molecule has 7 aliphatic rings. The van der Waals surface area contributed by atoms with E-state index in [2.05, 4.69) is 0 Å². The number of thiol groups is 1. The van der Waals surface area contributed by atoms with Crippen LogP contribution in [0.3, 0.4) is 0 Å². The summed E-state index contributed by atoms with van der Waals surface area (Å²) in [6, 6.07) is -0.726. The SMILES string of the molecule is C#[SH]1S[C@@]23CC4=CC=C[C@H](OC(C)=O)C4N2C(=O)[C@@]12CC1=COC=C[C@H](C)C1N2C3=O. The Morgan fingerprint density at radius 2 is 2.03 bits per heavy atom. The lowest BCUT2D eigenvalue weighted by Gasteiger charge is -2.60. The lowest BCUT2D eigenvalue weighted by Crippen LogP contribution is -2.77. The first-order valence-electron chi connectivity index (χ1n) is 10.3. The molecule has 0 N–H and O–H groups in total. The average Bonchev–Trinajstić information content (AvgIpc) is 3.18. The molecule has 3 unspecified atom stereocenters. The summed E-state index contributed by atoms with van der Waals surface area (Å²) in [5.74, 6) is -0.627. The Morgan fingerprint density at radius 1 is 1.23 bits per heavy atom. The molecule has 0 saturated carbocycles. The molecule has 7 atom stereocenters. The van der Waals surface area contributed by atoms with Crippen LogP contribution in [0.5, 0.6) is 0 Å². The number of hydrogen-bond acceptors (Lipinski definition) is 6. The summed E-state index contributed by atoms with van der Waals surface area (Å²) in [4.78, 5) is 41.4. The maximum Gasteiger partial charge on any atom is 0.303 e. The van der Waals surface area contributed by atoms with Gasteiger partial charge in [-0.1, -0.05) is 29.9 Å². The molecule has 1 aliphatic carbocycles. The summed E-state index contributed by atoms with van der Waals surface area (Å²) in [5, 5.41) is 0. The lowest BCUT2D eigenvalue weighted by atomic mass is 9.95. The molecule has 2 amide bonds. The van der Waals surface area contributed by atoms with Crippen LogP contribution in [0, 0.1) is 11.6 Å². The standard InChI is InChI=1S/C22H22N2O5S2/c1-12-7-8-28-11-15-10-22-20(27)23-18-14(5-4-6-16(18)29-13(2)25)9-21(23,30-31(22)3)19(26)24(22)17(12)15/h3-8,11-12,16-18,31H,9-10H2,1-2H3/t12-,16-,17?,18?,21+,22+/m0/s1. The number of nitrogens with zero attached hydrogens (tertiary/aromatic N) is 2. The Labute approximate surface area is 185 Å². The van der Waals surface area contributed by atoms with Gasteiger partial charge in [0.2, 0.25) is 0 Å². The van der Waals surface area contributed by atoms with Crippen LogP contribution in [0.25, 0.3) is 0 Å². The minimum atomic E-state index is -1.34. The zero-order chi connectivity index (χ0) is 21.7. The first kappa shape index (κ1) is 19.3. The van der Waals surface area contributed by atoms with Crippen molar-refractivity contribution in [1.82, 2.24) is 9.80 Å². The first-order valence-corrected chi connectivity index (χ1v) is 13.1. The molecule has 7 rings (SSSR count). The topological polar surface area (TPSA) is 76.2 Å². The predicted molar refractivity (Wildman–Crippen MR) is 118 cm³/mol. The Balaban J connectivity index is 1.52. The van der Waals surface area contributed by atoms with Crippen molar-refractivity contribution in [3.8, 4) is 5.69 Å². The van der Waals surface area contributed by atoms with E-state index in [4.69, 9.17) is 15.2 Å². The molecule has 0 radical (unpaired) electrons. The maximum atomic E-state index is 14.2. The van der Waals surface area contributed by atoms with E-state index in [0.29, 0.717) is 12.8 Å². The molecule has 0 aromatic heterocycles. The molecule has 31 heavy (non-hydrogen) atoms. The molecule has 5 fully saturated rings. The summed E-state index contributed by atoms with van der Waals surface area (Å²) in [6.07, 6.45) is 10.9. The van der Waals surface area contributed by atoms with Crippen molar-refractivity contribution in [1.29, 1.82) is 0 Å². The number of carbonyl (C=O) groups is 3. The molecule has 6 heterocycles. The summed E-state index contributed by atoms with van der Waals surface area (Å²) in [5.41, 5.74) is 8.57. The second-order valence-corrected chi connectivity index (χ2v) is 12.8. The van der Waals surface area contributed by atoms with E-state index in [-0.39, 0.29) is 23.8 Å². The van der Waals surface area contributed by atoms with Crippen LogP contribution >= 0.6 is 20.1 Å². The van der Waals surface area contributed by atoms with Crippen molar-refractivity contribution in [2.75, 3.05) is 0 Å². The lowest BCUT2D eigenvalue weighted by molar-refractivity contribution is -0.169. The van der Waals surface area contributed by atoms with Gasteiger partial charge in [-0.15, -0.1) is 15.0 Å². The van der Waals surface area contributed by atoms with Crippen LogP contribution < -0.4 is 0 Å². The normalized spacial score (nSPS) is 44.0. The summed E-state index contributed by atoms with van der Waals surface area (Å²) >= 11 is 0. The zero-order valence-corrected chi connectivity index (χ0v) is 18.8. The van der Waals surface area contributed by atoms with E-state index in [1.54, 1.807) is 28.4 Å². The van der Waals surface area contributed by atoms with Crippen LogP contribution in [0.1, 0.15) is 26.7 Å². The van der Waals surface area contributed by atoms with E-state index in [1.807, 2.05) is 25.2 Å². The molecule has 6 aliphatic heterocycles. The smallest absolute Gasteiger partial charge is 0.303 e.